The summed E-state index contributed by atoms with van der Waals surface area (Å²) in [6, 6.07) is 7.54. The summed E-state index contributed by atoms with van der Waals surface area (Å²) in [5.41, 5.74) is 0.640. The van der Waals surface area contributed by atoms with Crippen LogP contribution in [0.5, 0.6) is 5.75 Å². The summed E-state index contributed by atoms with van der Waals surface area (Å²) in [7, 11) is 0. The van der Waals surface area contributed by atoms with Crippen LogP contribution in [-0.2, 0) is 0 Å². The van der Waals surface area contributed by atoms with Crippen LogP contribution in [0.25, 0.3) is 0 Å². The Labute approximate surface area is 145 Å². The number of hydrogen-bond donors (Lipinski definition) is 0. The van der Waals surface area contributed by atoms with Gasteiger partial charge in [-0.1, -0.05) is 23.7 Å². The minimum atomic E-state index is -0.0732. The molecule has 3 atom stereocenters. The van der Waals surface area contributed by atoms with Gasteiger partial charge in [-0.2, -0.15) is 0 Å². The van der Waals surface area contributed by atoms with Gasteiger partial charge in [0.1, 0.15) is 11.9 Å². The number of fused-ring (bicyclic) bond motifs is 1. The molecule has 1 aromatic carbocycles. The fourth-order valence-corrected chi connectivity index (χ4v) is 4.06. The van der Waals surface area contributed by atoms with E-state index in [4.69, 9.17) is 20.8 Å². The largest absolute Gasteiger partial charge is 0.489 e. The molecule has 6 heteroatoms. The van der Waals surface area contributed by atoms with Gasteiger partial charge in [-0.15, -0.1) is 0 Å². The molecule has 1 saturated heterocycles. The number of para-hydroxylation sites is 1. The third-order valence-corrected chi connectivity index (χ3v) is 5.45. The number of halogens is 1. The Balaban J connectivity index is 1.46. The van der Waals surface area contributed by atoms with Gasteiger partial charge in [-0.3, -0.25) is 4.79 Å². The van der Waals surface area contributed by atoms with E-state index >= 15 is 0 Å². The summed E-state index contributed by atoms with van der Waals surface area (Å²) in [4.78, 5) is 18.5. The van der Waals surface area contributed by atoms with Crippen molar-refractivity contribution in [2.45, 2.75) is 25.9 Å². The average Bonchev–Trinajstić information content (AvgIpc) is 3.26. The fourth-order valence-electron chi connectivity index (χ4n) is 3.88. The predicted octanol–water partition coefficient (Wildman–Crippen LogP) is 3.57. The van der Waals surface area contributed by atoms with E-state index < -0.39 is 0 Å². The highest BCUT2D eigenvalue weighted by molar-refractivity contribution is 6.32. The van der Waals surface area contributed by atoms with Crippen LogP contribution < -0.4 is 4.74 Å². The minimum Gasteiger partial charge on any atom is -0.489 e. The van der Waals surface area contributed by atoms with Crippen molar-refractivity contribution in [1.29, 1.82) is 0 Å². The van der Waals surface area contributed by atoms with E-state index in [-0.39, 0.29) is 12.0 Å². The van der Waals surface area contributed by atoms with Crippen LogP contribution in [0.3, 0.4) is 0 Å². The van der Waals surface area contributed by atoms with E-state index in [9.17, 15) is 4.79 Å². The molecule has 24 heavy (non-hydrogen) atoms. The van der Waals surface area contributed by atoms with Crippen molar-refractivity contribution in [3.05, 3.63) is 47.1 Å². The molecule has 0 unspecified atom stereocenters. The van der Waals surface area contributed by atoms with Gasteiger partial charge in [0.2, 0.25) is 5.76 Å². The van der Waals surface area contributed by atoms with Gasteiger partial charge in [-0.05, 0) is 37.8 Å². The highest BCUT2D eigenvalue weighted by atomic mass is 35.5. The molecule has 2 heterocycles. The molecule has 4 rings (SSSR count). The molecule has 2 aromatic rings. The van der Waals surface area contributed by atoms with Crippen molar-refractivity contribution < 1.29 is 13.9 Å². The summed E-state index contributed by atoms with van der Waals surface area (Å²) in [5, 5.41) is 0.629. The van der Waals surface area contributed by atoms with Crippen molar-refractivity contribution in [2.24, 2.45) is 11.8 Å². The van der Waals surface area contributed by atoms with Gasteiger partial charge in [0, 0.05) is 19.0 Å². The van der Waals surface area contributed by atoms with E-state index in [0.29, 0.717) is 34.9 Å². The number of likely N-dealkylation sites (tertiary alicyclic amines) is 1. The molecule has 5 nitrogen and oxygen atoms in total. The van der Waals surface area contributed by atoms with E-state index in [1.54, 1.807) is 6.92 Å². The zero-order valence-corrected chi connectivity index (χ0v) is 14.2. The molecule has 2 fully saturated rings. The van der Waals surface area contributed by atoms with Crippen molar-refractivity contribution >= 4 is 17.5 Å². The van der Waals surface area contributed by atoms with E-state index in [1.165, 1.54) is 6.39 Å². The zero-order chi connectivity index (χ0) is 16.7. The number of ether oxygens (including phenoxy) is 1. The molecular formula is C18H19ClN2O3. The molecule has 0 spiro atoms. The van der Waals surface area contributed by atoms with Crippen molar-refractivity contribution in [1.82, 2.24) is 9.88 Å². The molecule has 1 amide bonds. The summed E-state index contributed by atoms with van der Waals surface area (Å²) in [6.45, 7) is 3.24. The summed E-state index contributed by atoms with van der Waals surface area (Å²) < 4.78 is 11.4. The van der Waals surface area contributed by atoms with Gasteiger partial charge in [0.15, 0.2) is 6.39 Å². The van der Waals surface area contributed by atoms with Gasteiger partial charge in [-0.25, -0.2) is 4.98 Å². The molecular weight excluding hydrogens is 328 g/mol. The first kappa shape index (κ1) is 15.5. The number of carbonyl (C=O) groups excluding carboxylic acids is 1. The summed E-state index contributed by atoms with van der Waals surface area (Å²) in [5.74, 6) is 1.81. The lowest BCUT2D eigenvalue weighted by Crippen LogP contribution is -2.32. The standard InChI is InChI=1S/C18H19ClN2O3/c1-11-17(23-10-20-11)18(22)21-8-12-6-7-15(13(12)9-21)24-16-5-3-2-4-14(16)19/h2-5,10,12-13,15H,6-9H2,1H3/t12-,13+,15-/m0/s1. The number of aromatic nitrogens is 1. The first-order valence-electron chi connectivity index (χ1n) is 8.24. The van der Waals surface area contributed by atoms with Gasteiger partial charge in [0.05, 0.1) is 10.7 Å². The lowest BCUT2D eigenvalue weighted by Gasteiger charge is -2.22. The number of aryl methyl sites for hydroxylation is 1. The van der Waals surface area contributed by atoms with Crippen molar-refractivity contribution in [3.63, 3.8) is 0 Å². The molecule has 1 aliphatic carbocycles. The minimum absolute atomic E-state index is 0.0732. The van der Waals surface area contributed by atoms with Gasteiger partial charge >= 0.3 is 0 Å². The van der Waals surface area contributed by atoms with Crippen LogP contribution in [0.1, 0.15) is 29.1 Å². The number of rotatable bonds is 3. The fraction of sp³-hybridized carbons (Fsp3) is 0.444. The molecule has 0 bridgehead atoms. The Morgan fingerprint density at radius 1 is 1.33 bits per heavy atom. The Kier molecular flexibility index (Phi) is 3.96. The Hall–Kier alpha value is -2.01. The van der Waals surface area contributed by atoms with E-state index in [2.05, 4.69) is 4.98 Å². The van der Waals surface area contributed by atoms with Gasteiger partial charge in [0.25, 0.3) is 5.91 Å². The molecule has 126 valence electrons. The monoisotopic (exact) mass is 346 g/mol. The van der Waals surface area contributed by atoms with Gasteiger partial charge < -0.3 is 14.1 Å². The molecule has 1 saturated carbocycles. The van der Waals surface area contributed by atoms with Crippen LogP contribution in [0.2, 0.25) is 5.02 Å². The third-order valence-electron chi connectivity index (χ3n) is 5.13. The topological polar surface area (TPSA) is 55.6 Å². The van der Waals surface area contributed by atoms with Crippen LogP contribution in [0.15, 0.2) is 35.1 Å². The first-order valence-corrected chi connectivity index (χ1v) is 8.62. The third kappa shape index (κ3) is 2.67. The van der Waals surface area contributed by atoms with Crippen LogP contribution >= 0.6 is 11.6 Å². The molecule has 1 aromatic heterocycles. The Bertz CT molecular complexity index is 760. The highest BCUT2D eigenvalue weighted by Gasteiger charge is 2.46. The average molecular weight is 347 g/mol. The number of amides is 1. The molecule has 1 aliphatic heterocycles. The van der Waals surface area contributed by atoms with E-state index in [1.807, 2.05) is 29.2 Å². The maximum atomic E-state index is 12.6. The second kappa shape index (κ2) is 6.13. The lowest BCUT2D eigenvalue weighted by atomic mass is 9.99. The second-order valence-corrected chi connectivity index (χ2v) is 6.97. The first-order chi connectivity index (χ1) is 11.6. The maximum Gasteiger partial charge on any atom is 0.291 e. The number of hydrogen-bond acceptors (Lipinski definition) is 4. The number of benzene rings is 1. The predicted molar refractivity (Wildman–Crippen MR) is 89.2 cm³/mol. The van der Waals surface area contributed by atoms with Crippen molar-refractivity contribution in [2.75, 3.05) is 13.1 Å². The quantitative estimate of drug-likeness (QED) is 0.852. The van der Waals surface area contributed by atoms with E-state index in [0.717, 1.165) is 25.1 Å². The highest BCUT2D eigenvalue weighted by Crippen LogP contribution is 2.41. The molecule has 2 aliphatic rings. The summed E-state index contributed by atoms with van der Waals surface area (Å²) >= 11 is 6.20. The smallest absolute Gasteiger partial charge is 0.291 e. The van der Waals surface area contributed by atoms with Crippen LogP contribution in [0.4, 0.5) is 0 Å². The Morgan fingerprint density at radius 3 is 2.92 bits per heavy atom. The molecule has 0 N–H and O–H groups in total. The second-order valence-electron chi connectivity index (χ2n) is 6.57. The molecule has 0 radical (unpaired) electrons. The number of carbonyl (C=O) groups is 1. The summed E-state index contributed by atoms with van der Waals surface area (Å²) in [6.07, 6.45) is 3.49. The number of oxazole rings is 1. The lowest BCUT2D eigenvalue weighted by molar-refractivity contribution is 0.0730. The Morgan fingerprint density at radius 2 is 2.17 bits per heavy atom. The number of nitrogens with zero attached hydrogens (tertiary/aromatic N) is 2. The van der Waals surface area contributed by atoms with Crippen LogP contribution in [0, 0.1) is 18.8 Å². The van der Waals surface area contributed by atoms with Crippen molar-refractivity contribution in [3.8, 4) is 5.75 Å². The maximum absolute atomic E-state index is 12.6. The SMILES string of the molecule is Cc1ncoc1C(=O)N1C[C@@H]2CC[C@H](Oc3ccccc3Cl)[C@@H]2C1. The normalized spacial score (nSPS) is 25.8. The van der Waals surface area contributed by atoms with Crippen LogP contribution in [-0.4, -0.2) is 35.0 Å². The zero-order valence-electron chi connectivity index (χ0n) is 13.4.